The van der Waals surface area contributed by atoms with E-state index < -0.39 is 28.9 Å². The molecule has 2 heterocycles. The van der Waals surface area contributed by atoms with Crippen LogP contribution < -0.4 is 5.32 Å². The second-order valence-corrected chi connectivity index (χ2v) is 6.12. The van der Waals surface area contributed by atoms with Crippen LogP contribution in [0.25, 0.3) is 5.69 Å². The summed E-state index contributed by atoms with van der Waals surface area (Å²) in [6.07, 6.45) is 3.70. The minimum Gasteiger partial charge on any atom is -0.308 e. The highest BCUT2D eigenvalue weighted by atomic mass is 19.2. The first-order valence-corrected chi connectivity index (χ1v) is 7.93. The van der Waals surface area contributed by atoms with Crippen LogP contribution in [0.4, 0.5) is 19.0 Å². The Bertz CT molecular complexity index is 998. The van der Waals surface area contributed by atoms with E-state index in [-0.39, 0.29) is 11.4 Å². The number of pyridine rings is 1. The van der Waals surface area contributed by atoms with E-state index in [4.69, 9.17) is 0 Å². The highest BCUT2D eigenvalue weighted by molar-refractivity contribution is 6.00. The molecule has 0 spiro atoms. The Kier molecular flexibility index (Phi) is 3.75. The fourth-order valence-corrected chi connectivity index (χ4v) is 2.92. The molecule has 1 aliphatic carbocycles. The molecule has 0 radical (unpaired) electrons. The van der Waals surface area contributed by atoms with Crippen molar-refractivity contribution in [1.82, 2.24) is 14.8 Å². The van der Waals surface area contributed by atoms with Gasteiger partial charge in [-0.1, -0.05) is 12.1 Å². The molecule has 0 saturated heterocycles. The molecule has 0 atom stereocenters. The van der Waals surface area contributed by atoms with Crippen LogP contribution in [0.3, 0.4) is 0 Å². The Morgan fingerprint density at radius 1 is 1.15 bits per heavy atom. The summed E-state index contributed by atoms with van der Waals surface area (Å²) in [7, 11) is 0. The molecule has 5 nitrogen and oxygen atoms in total. The zero-order chi connectivity index (χ0) is 18.3. The van der Waals surface area contributed by atoms with Gasteiger partial charge >= 0.3 is 0 Å². The summed E-state index contributed by atoms with van der Waals surface area (Å²) >= 11 is 0. The maximum Gasteiger partial charge on any atom is 0.236 e. The number of carbonyl (C=O) groups excluding carboxylic acids is 1. The minimum absolute atomic E-state index is 0.0469. The predicted octanol–water partition coefficient (Wildman–Crippen LogP) is 3.35. The normalized spacial score (nSPS) is 14.9. The van der Waals surface area contributed by atoms with Gasteiger partial charge in [-0.15, -0.1) is 0 Å². The van der Waals surface area contributed by atoms with Gasteiger partial charge in [-0.05, 0) is 25.0 Å². The monoisotopic (exact) mass is 358 g/mol. The Labute approximate surface area is 146 Å². The molecular formula is C18H13F3N4O. The van der Waals surface area contributed by atoms with Crippen molar-refractivity contribution in [3.63, 3.8) is 0 Å². The standard InChI is InChI=1S/C18H13F3N4O/c19-13-3-1-2-12(16(13)21)18(6-7-18)17(26)23-15-5-9-25(24-15)11-4-8-22-14(20)10-11/h1-5,8-10H,6-7H2,(H,23,24,26). The molecule has 0 unspecified atom stereocenters. The molecule has 1 N–H and O–H groups in total. The molecule has 1 amide bonds. The highest BCUT2D eigenvalue weighted by Gasteiger charge is 2.53. The molecule has 132 valence electrons. The first-order valence-electron chi connectivity index (χ1n) is 7.93. The lowest BCUT2D eigenvalue weighted by Gasteiger charge is -2.15. The van der Waals surface area contributed by atoms with Crippen LogP contribution in [0.1, 0.15) is 18.4 Å². The van der Waals surface area contributed by atoms with Gasteiger partial charge in [0.25, 0.3) is 0 Å². The zero-order valence-electron chi connectivity index (χ0n) is 13.4. The maximum atomic E-state index is 14.1. The van der Waals surface area contributed by atoms with Crippen molar-refractivity contribution < 1.29 is 18.0 Å². The third kappa shape index (κ3) is 2.73. The number of benzene rings is 1. The van der Waals surface area contributed by atoms with E-state index in [0.717, 1.165) is 6.07 Å². The summed E-state index contributed by atoms with van der Waals surface area (Å²) in [5.41, 5.74) is -0.598. The first kappa shape index (κ1) is 16.3. The van der Waals surface area contributed by atoms with Gasteiger partial charge < -0.3 is 5.32 Å². The van der Waals surface area contributed by atoms with E-state index in [0.29, 0.717) is 18.5 Å². The fraction of sp³-hybridized carbons (Fsp3) is 0.167. The molecule has 1 fully saturated rings. The van der Waals surface area contributed by atoms with Crippen molar-refractivity contribution in [3.8, 4) is 5.69 Å². The van der Waals surface area contributed by atoms with Crippen molar-refractivity contribution in [2.45, 2.75) is 18.3 Å². The molecule has 2 aromatic heterocycles. The summed E-state index contributed by atoms with van der Waals surface area (Å²) in [5.74, 6) is -2.85. The Morgan fingerprint density at radius 3 is 2.69 bits per heavy atom. The number of nitrogens with one attached hydrogen (secondary N) is 1. The molecule has 26 heavy (non-hydrogen) atoms. The molecule has 1 aromatic carbocycles. The van der Waals surface area contributed by atoms with Crippen molar-refractivity contribution in [1.29, 1.82) is 0 Å². The van der Waals surface area contributed by atoms with Crippen LogP contribution in [-0.4, -0.2) is 20.7 Å². The highest BCUT2D eigenvalue weighted by Crippen LogP contribution is 2.50. The topological polar surface area (TPSA) is 59.8 Å². The van der Waals surface area contributed by atoms with Gasteiger partial charge in [0.05, 0.1) is 11.1 Å². The van der Waals surface area contributed by atoms with Crippen molar-refractivity contribution in [3.05, 3.63) is 71.9 Å². The maximum absolute atomic E-state index is 14.1. The summed E-state index contributed by atoms with van der Waals surface area (Å²) < 4.78 is 42.2. The lowest BCUT2D eigenvalue weighted by atomic mass is 9.94. The molecule has 1 aliphatic rings. The molecule has 8 heteroatoms. The van der Waals surface area contributed by atoms with Crippen molar-refractivity contribution in [2.75, 3.05) is 5.32 Å². The molecule has 0 aliphatic heterocycles. The smallest absolute Gasteiger partial charge is 0.236 e. The first-order chi connectivity index (χ1) is 12.5. The summed E-state index contributed by atoms with van der Waals surface area (Å²) in [5, 5.41) is 6.78. The Morgan fingerprint density at radius 2 is 1.96 bits per heavy atom. The van der Waals surface area contributed by atoms with Crippen LogP contribution in [0.2, 0.25) is 0 Å². The molecule has 0 bridgehead atoms. The average molecular weight is 358 g/mol. The second-order valence-electron chi connectivity index (χ2n) is 6.12. The lowest BCUT2D eigenvalue weighted by molar-refractivity contribution is -0.118. The fourth-order valence-electron chi connectivity index (χ4n) is 2.92. The van der Waals surface area contributed by atoms with Crippen molar-refractivity contribution in [2.24, 2.45) is 0 Å². The number of carbonyl (C=O) groups is 1. The van der Waals surface area contributed by atoms with Crippen LogP contribution in [0.15, 0.2) is 48.8 Å². The zero-order valence-corrected chi connectivity index (χ0v) is 13.4. The number of amides is 1. The lowest BCUT2D eigenvalue weighted by Crippen LogP contribution is -2.29. The number of halogens is 3. The SMILES string of the molecule is O=C(Nc1ccn(-c2ccnc(F)c2)n1)C1(c2cccc(F)c2F)CC1. The third-order valence-corrected chi connectivity index (χ3v) is 4.46. The van der Waals surface area contributed by atoms with E-state index in [9.17, 15) is 18.0 Å². The van der Waals surface area contributed by atoms with E-state index in [1.54, 1.807) is 12.3 Å². The number of hydrogen-bond donors (Lipinski definition) is 1. The van der Waals surface area contributed by atoms with Gasteiger partial charge in [-0.2, -0.15) is 9.49 Å². The van der Waals surface area contributed by atoms with E-state index in [1.165, 1.54) is 35.1 Å². The van der Waals surface area contributed by atoms with Gasteiger partial charge in [0.2, 0.25) is 11.9 Å². The Hall–Kier alpha value is -3.16. The molecule has 1 saturated carbocycles. The van der Waals surface area contributed by atoms with Gasteiger partial charge in [0.1, 0.15) is 0 Å². The third-order valence-electron chi connectivity index (χ3n) is 4.46. The minimum atomic E-state index is -1.08. The number of anilines is 1. The summed E-state index contributed by atoms with van der Waals surface area (Å²) in [6.45, 7) is 0. The molecule has 4 rings (SSSR count). The van der Waals surface area contributed by atoms with E-state index in [2.05, 4.69) is 15.4 Å². The number of aromatic nitrogens is 3. The van der Waals surface area contributed by atoms with Crippen LogP contribution >= 0.6 is 0 Å². The summed E-state index contributed by atoms with van der Waals surface area (Å²) in [6, 6.07) is 8.11. The molecular weight excluding hydrogens is 345 g/mol. The Balaban J connectivity index is 1.57. The van der Waals surface area contributed by atoms with Gasteiger partial charge in [0, 0.05) is 30.1 Å². The summed E-state index contributed by atoms with van der Waals surface area (Å²) in [4.78, 5) is 16.1. The van der Waals surface area contributed by atoms with Crippen LogP contribution in [-0.2, 0) is 10.2 Å². The average Bonchev–Trinajstić information content (AvgIpc) is 3.30. The number of hydrogen-bond acceptors (Lipinski definition) is 3. The second kappa shape index (κ2) is 5.98. The quantitative estimate of drug-likeness (QED) is 0.728. The van der Waals surface area contributed by atoms with Gasteiger partial charge in [0.15, 0.2) is 17.5 Å². The van der Waals surface area contributed by atoms with Crippen LogP contribution in [0, 0.1) is 17.6 Å². The van der Waals surface area contributed by atoms with Crippen molar-refractivity contribution >= 4 is 11.7 Å². The van der Waals surface area contributed by atoms with Crippen LogP contribution in [0.5, 0.6) is 0 Å². The molecule has 3 aromatic rings. The van der Waals surface area contributed by atoms with E-state index >= 15 is 0 Å². The number of rotatable bonds is 4. The van der Waals surface area contributed by atoms with Gasteiger partial charge in [-0.3, -0.25) is 4.79 Å². The number of nitrogens with zero attached hydrogens (tertiary/aromatic N) is 3. The van der Waals surface area contributed by atoms with Gasteiger partial charge in [-0.25, -0.2) is 18.4 Å². The largest absolute Gasteiger partial charge is 0.308 e. The van der Waals surface area contributed by atoms with E-state index in [1.807, 2.05) is 0 Å². The predicted molar refractivity (Wildman–Crippen MR) is 87.2 cm³/mol.